The molecule has 4 rings (SSSR count). The second kappa shape index (κ2) is 9.94. The highest BCUT2D eigenvalue weighted by molar-refractivity contribution is 5.57. The van der Waals surface area contributed by atoms with Crippen molar-refractivity contribution in [3.05, 3.63) is 46.5 Å². The zero-order valence-electron chi connectivity index (χ0n) is 18.5. The van der Waals surface area contributed by atoms with Crippen LogP contribution in [-0.4, -0.2) is 61.2 Å². The molecule has 0 amide bonds. The minimum Gasteiger partial charge on any atom is -0.490 e. The second-order valence-electron chi connectivity index (χ2n) is 7.64. The van der Waals surface area contributed by atoms with E-state index in [4.69, 9.17) is 24.7 Å². The molecular formula is C23H29N5O4. The number of H-pyrrole nitrogens is 1. The molecule has 1 aromatic heterocycles. The number of aryl methyl sites for hydroxylation is 1. The molecule has 2 aliphatic rings. The Bertz CT molecular complexity index is 1020. The Morgan fingerprint density at radius 3 is 2.78 bits per heavy atom. The first-order chi connectivity index (χ1) is 15.7. The van der Waals surface area contributed by atoms with Crippen molar-refractivity contribution in [2.75, 3.05) is 46.1 Å². The van der Waals surface area contributed by atoms with E-state index in [0.717, 1.165) is 56.1 Å². The number of rotatable bonds is 8. The molecule has 2 aliphatic heterocycles. The summed E-state index contributed by atoms with van der Waals surface area (Å²) in [6, 6.07) is 7.98. The van der Waals surface area contributed by atoms with Crippen LogP contribution < -0.4 is 19.9 Å². The Morgan fingerprint density at radius 1 is 1.25 bits per heavy atom. The summed E-state index contributed by atoms with van der Waals surface area (Å²) in [5, 5.41) is 17.1. The number of benzene rings is 1. The minimum atomic E-state index is -0.390. The van der Waals surface area contributed by atoms with Crippen LogP contribution in [0.25, 0.3) is 0 Å². The van der Waals surface area contributed by atoms with Crippen molar-refractivity contribution in [3.63, 3.8) is 0 Å². The maximum absolute atomic E-state index is 9.82. The largest absolute Gasteiger partial charge is 0.490 e. The SMILES string of the molecule is CCOc1cc(C2C(C#N)=C(N)Oc3n[nH]c(CC)c32)ccc1OCCN1CCOCC1. The van der Waals surface area contributed by atoms with Gasteiger partial charge >= 0.3 is 0 Å². The molecule has 9 heteroatoms. The molecule has 0 radical (unpaired) electrons. The summed E-state index contributed by atoms with van der Waals surface area (Å²) < 4.78 is 22.9. The molecule has 170 valence electrons. The smallest absolute Gasteiger partial charge is 0.244 e. The van der Waals surface area contributed by atoms with Gasteiger partial charge in [-0.2, -0.15) is 5.26 Å². The first-order valence-electron chi connectivity index (χ1n) is 11.0. The van der Waals surface area contributed by atoms with Gasteiger partial charge in [-0.05, 0) is 31.0 Å². The van der Waals surface area contributed by atoms with Crippen LogP contribution >= 0.6 is 0 Å². The van der Waals surface area contributed by atoms with Gasteiger partial charge in [0.2, 0.25) is 11.8 Å². The summed E-state index contributed by atoms with van der Waals surface area (Å²) in [6.45, 7) is 9.19. The van der Waals surface area contributed by atoms with E-state index in [0.29, 0.717) is 36.2 Å². The Balaban J connectivity index is 1.61. The number of fused-ring (bicyclic) bond motifs is 1. The molecule has 0 bridgehead atoms. The molecule has 1 saturated heterocycles. The summed E-state index contributed by atoms with van der Waals surface area (Å²) in [7, 11) is 0. The molecule has 3 N–H and O–H groups in total. The van der Waals surface area contributed by atoms with Gasteiger partial charge in [-0.15, -0.1) is 5.10 Å². The lowest BCUT2D eigenvalue weighted by Gasteiger charge is -2.27. The van der Waals surface area contributed by atoms with Crippen LogP contribution in [-0.2, 0) is 11.2 Å². The van der Waals surface area contributed by atoms with Crippen molar-refractivity contribution >= 4 is 0 Å². The number of nitrogens with one attached hydrogen (secondary N) is 1. The maximum atomic E-state index is 9.82. The van der Waals surface area contributed by atoms with Crippen LogP contribution in [0.1, 0.15) is 36.6 Å². The molecule has 1 fully saturated rings. The lowest BCUT2D eigenvalue weighted by molar-refractivity contribution is 0.0321. The average molecular weight is 440 g/mol. The van der Waals surface area contributed by atoms with Crippen molar-refractivity contribution in [2.45, 2.75) is 26.2 Å². The van der Waals surface area contributed by atoms with E-state index < -0.39 is 0 Å². The summed E-state index contributed by atoms with van der Waals surface area (Å²) in [5.41, 5.74) is 9.03. The molecule has 0 spiro atoms. The highest BCUT2D eigenvalue weighted by Crippen LogP contribution is 2.44. The van der Waals surface area contributed by atoms with Crippen LogP contribution in [0.15, 0.2) is 29.7 Å². The van der Waals surface area contributed by atoms with Gasteiger partial charge in [0.1, 0.15) is 18.2 Å². The van der Waals surface area contributed by atoms with Gasteiger partial charge in [0.15, 0.2) is 11.5 Å². The number of aromatic amines is 1. The monoisotopic (exact) mass is 439 g/mol. The highest BCUT2D eigenvalue weighted by Gasteiger charge is 2.35. The quantitative estimate of drug-likeness (QED) is 0.643. The number of hydrogen-bond donors (Lipinski definition) is 2. The number of aromatic nitrogens is 2. The van der Waals surface area contributed by atoms with Crippen molar-refractivity contribution in [1.29, 1.82) is 5.26 Å². The first-order valence-corrected chi connectivity index (χ1v) is 11.0. The van der Waals surface area contributed by atoms with Crippen molar-refractivity contribution in [1.82, 2.24) is 15.1 Å². The van der Waals surface area contributed by atoms with E-state index in [-0.39, 0.29) is 11.8 Å². The number of nitrogens with zero attached hydrogens (tertiary/aromatic N) is 3. The molecular weight excluding hydrogens is 410 g/mol. The van der Waals surface area contributed by atoms with E-state index in [1.165, 1.54) is 0 Å². The number of morpholine rings is 1. The average Bonchev–Trinajstić information content (AvgIpc) is 3.22. The standard InChI is InChI=1S/C23H29N5O4/c1-3-17-21-20(16(14-24)22(25)32-23(21)27-26-17)15-5-6-18(19(13-15)30-4-2)31-12-9-28-7-10-29-11-8-28/h5-6,13,20H,3-4,7-12,25H2,1-2H3,(H,26,27). The molecule has 0 saturated carbocycles. The lowest BCUT2D eigenvalue weighted by atomic mass is 9.83. The number of nitrogens with two attached hydrogens (primary N) is 1. The number of allylic oxidation sites excluding steroid dienone is 1. The van der Waals surface area contributed by atoms with E-state index in [2.05, 4.69) is 21.2 Å². The lowest BCUT2D eigenvalue weighted by Crippen LogP contribution is -2.38. The number of nitriles is 1. The zero-order chi connectivity index (χ0) is 22.5. The Labute approximate surface area is 187 Å². The fourth-order valence-electron chi connectivity index (χ4n) is 4.11. The van der Waals surface area contributed by atoms with Crippen molar-refractivity contribution < 1.29 is 18.9 Å². The van der Waals surface area contributed by atoms with Crippen molar-refractivity contribution in [3.8, 4) is 23.4 Å². The first kappa shape index (κ1) is 22.0. The fraction of sp³-hybridized carbons (Fsp3) is 0.478. The van der Waals surface area contributed by atoms with Crippen LogP contribution in [0.2, 0.25) is 0 Å². The Kier molecular flexibility index (Phi) is 6.83. The van der Waals surface area contributed by atoms with Gasteiger partial charge in [0, 0.05) is 30.9 Å². The molecule has 0 aliphatic carbocycles. The highest BCUT2D eigenvalue weighted by atomic mass is 16.5. The maximum Gasteiger partial charge on any atom is 0.244 e. The third-order valence-corrected chi connectivity index (χ3v) is 5.74. The Hall–Kier alpha value is -3.22. The van der Waals surface area contributed by atoms with E-state index in [1.54, 1.807) is 0 Å². The van der Waals surface area contributed by atoms with E-state index >= 15 is 0 Å². The van der Waals surface area contributed by atoms with Gasteiger partial charge in [0.25, 0.3) is 0 Å². The summed E-state index contributed by atoms with van der Waals surface area (Å²) >= 11 is 0. The molecule has 9 nitrogen and oxygen atoms in total. The van der Waals surface area contributed by atoms with Crippen molar-refractivity contribution in [2.24, 2.45) is 5.73 Å². The number of ether oxygens (including phenoxy) is 4. The van der Waals surface area contributed by atoms with E-state index in [1.807, 2.05) is 32.0 Å². The summed E-state index contributed by atoms with van der Waals surface area (Å²) in [6.07, 6.45) is 0.724. The van der Waals surface area contributed by atoms with Crippen LogP contribution in [0.4, 0.5) is 0 Å². The molecule has 2 aromatic rings. The third kappa shape index (κ3) is 4.38. The topological polar surface area (TPSA) is 119 Å². The van der Waals surface area contributed by atoms with Gasteiger partial charge < -0.3 is 24.7 Å². The zero-order valence-corrected chi connectivity index (χ0v) is 18.5. The van der Waals surface area contributed by atoms with Gasteiger partial charge in [0.05, 0.1) is 25.7 Å². The third-order valence-electron chi connectivity index (χ3n) is 5.74. The molecule has 1 atom stereocenters. The minimum absolute atomic E-state index is 0.0722. The van der Waals surface area contributed by atoms with Gasteiger partial charge in [-0.25, -0.2) is 0 Å². The van der Waals surface area contributed by atoms with E-state index in [9.17, 15) is 5.26 Å². The van der Waals surface area contributed by atoms with Gasteiger partial charge in [-0.1, -0.05) is 13.0 Å². The summed E-state index contributed by atoms with van der Waals surface area (Å²) in [5.74, 6) is 1.40. The van der Waals surface area contributed by atoms with Gasteiger partial charge in [-0.3, -0.25) is 10.00 Å². The molecule has 1 unspecified atom stereocenters. The van der Waals surface area contributed by atoms with Crippen LogP contribution in [0, 0.1) is 11.3 Å². The number of hydrogen-bond acceptors (Lipinski definition) is 8. The Morgan fingerprint density at radius 2 is 2.06 bits per heavy atom. The summed E-state index contributed by atoms with van der Waals surface area (Å²) in [4.78, 5) is 2.32. The van der Waals surface area contributed by atoms with Crippen LogP contribution in [0.3, 0.4) is 0 Å². The molecule has 32 heavy (non-hydrogen) atoms. The fourth-order valence-corrected chi connectivity index (χ4v) is 4.11. The van der Waals surface area contributed by atoms with Crippen LogP contribution in [0.5, 0.6) is 17.4 Å². The molecule has 1 aromatic carbocycles. The normalized spacial score (nSPS) is 18.6. The predicted molar refractivity (Wildman–Crippen MR) is 118 cm³/mol. The second-order valence-corrected chi connectivity index (χ2v) is 7.64. The predicted octanol–water partition coefficient (Wildman–Crippen LogP) is 2.30. The molecule has 3 heterocycles.